The van der Waals surface area contributed by atoms with Crippen LogP contribution in [0.25, 0.3) is 5.76 Å². The molecule has 2 aromatic carbocycles. The predicted octanol–water partition coefficient (Wildman–Crippen LogP) is 4.51. The molecule has 1 aromatic heterocycles. The molecule has 1 fully saturated rings. The molecule has 1 N–H and O–H groups in total. The van der Waals surface area contributed by atoms with Crippen molar-refractivity contribution in [2.75, 3.05) is 20.8 Å². The minimum Gasteiger partial charge on any atom is -0.507 e. The lowest BCUT2D eigenvalue weighted by Gasteiger charge is -2.26. The molecule has 8 nitrogen and oxygen atoms in total. The summed E-state index contributed by atoms with van der Waals surface area (Å²) < 4.78 is 16.5. The highest BCUT2D eigenvalue weighted by Gasteiger charge is 2.46. The van der Waals surface area contributed by atoms with E-state index in [1.807, 2.05) is 13.0 Å². The summed E-state index contributed by atoms with van der Waals surface area (Å²) in [4.78, 5) is 32.1. The van der Waals surface area contributed by atoms with Gasteiger partial charge in [-0.3, -0.25) is 14.6 Å². The Morgan fingerprint density at radius 3 is 2.53 bits per heavy atom. The Bertz CT molecular complexity index is 1290. The molecule has 0 bridgehead atoms. The maximum absolute atomic E-state index is 13.3. The fourth-order valence-electron chi connectivity index (χ4n) is 4.21. The molecule has 2 heterocycles. The van der Waals surface area contributed by atoms with Crippen molar-refractivity contribution in [3.63, 3.8) is 0 Å². The van der Waals surface area contributed by atoms with Crippen molar-refractivity contribution < 1.29 is 28.9 Å². The van der Waals surface area contributed by atoms with E-state index in [9.17, 15) is 14.7 Å². The second-order valence-electron chi connectivity index (χ2n) is 8.28. The van der Waals surface area contributed by atoms with Crippen LogP contribution in [0.3, 0.4) is 0 Å². The van der Waals surface area contributed by atoms with Crippen molar-refractivity contribution in [2.45, 2.75) is 25.9 Å². The van der Waals surface area contributed by atoms with Crippen molar-refractivity contribution in [3.8, 4) is 17.2 Å². The van der Waals surface area contributed by atoms with Crippen LogP contribution < -0.4 is 14.2 Å². The Morgan fingerprint density at radius 1 is 1.03 bits per heavy atom. The normalized spacial score (nSPS) is 16.8. The zero-order valence-corrected chi connectivity index (χ0v) is 20.4. The third kappa shape index (κ3) is 4.88. The van der Waals surface area contributed by atoms with Gasteiger partial charge in [0.1, 0.15) is 11.5 Å². The minimum absolute atomic E-state index is 0.0104. The molecule has 1 amide bonds. The molecule has 4 rings (SSSR count). The number of pyridine rings is 1. The number of hydrogen-bond acceptors (Lipinski definition) is 7. The van der Waals surface area contributed by atoms with E-state index in [4.69, 9.17) is 14.2 Å². The third-order valence-electron chi connectivity index (χ3n) is 5.92. The topological polar surface area (TPSA) is 98.2 Å². The van der Waals surface area contributed by atoms with Gasteiger partial charge in [0.05, 0.1) is 32.4 Å². The van der Waals surface area contributed by atoms with Gasteiger partial charge >= 0.3 is 0 Å². The molecule has 8 heteroatoms. The first kappa shape index (κ1) is 24.8. The van der Waals surface area contributed by atoms with Gasteiger partial charge < -0.3 is 24.2 Å². The van der Waals surface area contributed by atoms with Gasteiger partial charge in [0.25, 0.3) is 11.7 Å². The van der Waals surface area contributed by atoms with Crippen LogP contribution in [-0.2, 0) is 16.1 Å². The SMILES string of the molecule is CCCOc1cccc(C(O)=C2C(=O)C(=O)N(Cc3cccnc3)C2c2ccc(OC)c(OC)c2)c1. The summed E-state index contributed by atoms with van der Waals surface area (Å²) in [5, 5.41) is 11.4. The van der Waals surface area contributed by atoms with Crippen LogP contribution in [0.5, 0.6) is 17.2 Å². The standard InChI is InChI=1S/C28H28N2O6/c1-4-13-36-21-9-5-8-20(14-21)26(31)24-25(19-10-11-22(34-2)23(15-19)35-3)30(28(33)27(24)32)17-18-7-6-12-29-16-18/h5-12,14-16,25,31H,4,13,17H2,1-3H3. The number of amides is 1. The molecule has 36 heavy (non-hydrogen) atoms. The minimum atomic E-state index is -0.856. The van der Waals surface area contributed by atoms with E-state index in [2.05, 4.69) is 4.98 Å². The summed E-state index contributed by atoms with van der Waals surface area (Å²) >= 11 is 0. The molecule has 1 unspecified atom stereocenters. The number of carbonyl (C=O) groups is 2. The largest absolute Gasteiger partial charge is 0.507 e. The lowest BCUT2D eigenvalue weighted by molar-refractivity contribution is -0.140. The number of carbonyl (C=O) groups excluding carboxylic acids is 2. The van der Waals surface area contributed by atoms with Crippen molar-refractivity contribution in [1.29, 1.82) is 0 Å². The molecular formula is C28H28N2O6. The number of ether oxygens (including phenoxy) is 3. The van der Waals surface area contributed by atoms with Crippen LogP contribution in [0.2, 0.25) is 0 Å². The van der Waals surface area contributed by atoms with Crippen LogP contribution >= 0.6 is 0 Å². The van der Waals surface area contributed by atoms with Gasteiger partial charge in [-0.25, -0.2) is 0 Å². The number of nitrogens with zero attached hydrogens (tertiary/aromatic N) is 2. The van der Waals surface area contributed by atoms with Gasteiger partial charge in [-0.05, 0) is 47.9 Å². The number of methoxy groups -OCH3 is 2. The molecule has 0 saturated carbocycles. The van der Waals surface area contributed by atoms with Crippen LogP contribution in [0.4, 0.5) is 0 Å². The number of ketones is 1. The average molecular weight is 489 g/mol. The van der Waals surface area contributed by atoms with E-state index in [-0.39, 0.29) is 17.9 Å². The maximum atomic E-state index is 13.3. The van der Waals surface area contributed by atoms with Crippen molar-refractivity contribution in [2.24, 2.45) is 0 Å². The Balaban J connectivity index is 1.86. The smallest absolute Gasteiger partial charge is 0.295 e. The highest BCUT2D eigenvalue weighted by Crippen LogP contribution is 2.42. The van der Waals surface area contributed by atoms with Gasteiger partial charge in [-0.15, -0.1) is 0 Å². The number of aliphatic hydroxyl groups is 1. The summed E-state index contributed by atoms with van der Waals surface area (Å²) in [5.41, 5.74) is 1.72. The molecular weight excluding hydrogens is 460 g/mol. The van der Waals surface area contributed by atoms with E-state index >= 15 is 0 Å². The van der Waals surface area contributed by atoms with Crippen LogP contribution in [0.15, 0.2) is 72.6 Å². The van der Waals surface area contributed by atoms with Gasteiger partial charge in [-0.1, -0.05) is 31.2 Å². The van der Waals surface area contributed by atoms with E-state index in [0.29, 0.717) is 35.0 Å². The number of Topliss-reactive ketones (excluding diaryl/α,β-unsaturated/α-hetero) is 1. The Kier molecular flexibility index (Phi) is 7.53. The quantitative estimate of drug-likeness (QED) is 0.269. The Hall–Kier alpha value is -4.33. The number of aliphatic hydroxyl groups excluding tert-OH is 1. The van der Waals surface area contributed by atoms with E-state index in [1.165, 1.54) is 19.1 Å². The second-order valence-corrected chi connectivity index (χ2v) is 8.28. The first-order valence-electron chi connectivity index (χ1n) is 11.6. The van der Waals surface area contributed by atoms with Crippen LogP contribution in [0, 0.1) is 0 Å². The van der Waals surface area contributed by atoms with E-state index in [0.717, 1.165) is 12.0 Å². The summed E-state index contributed by atoms with van der Waals surface area (Å²) in [6.07, 6.45) is 4.10. The van der Waals surface area contributed by atoms with E-state index < -0.39 is 17.7 Å². The van der Waals surface area contributed by atoms with E-state index in [1.54, 1.807) is 60.9 Å². The summed E-state index contributed by atoms with van der Waals surface area (Å²) in [6, 6.07) is 14.7. The molecule has 1 atom stereocenters. The lowest BCUT2D eigenvalue weighted by Crippen LogP contribution is -2.29. The Morgan fingerprint density at radius 2 is 1.83 bits per heavy atom. The predicted molar refractivity (Wildman–Crippen MR) is 134 cm³/mol. The van der Waals surface area contributed by atoms with Crippen LogP contribution in [0.1, 0.15) is 36.1 Å². The highest BCUT2D eigenvalue weighted by atomic mass is 16.5. The molecule has 0 spiro atoms. The zero-order valence-electron chi connectivity index (χ0n) is 20.4. The average Bonchev–Trinajstić information content (AvgIpc) is 3.16. The molecule has 1 aliphatic rings. The summed E-state index contributed by atoms with van der Waals surface area (Å²) in [6.45, 7) is 2.65. The van der Waals surface area contributed by atoms with Gasteiger partial charge in [0.2, 0.25) is 0 Å². The first-order valence-corrected chi connectivity index (χ1v) is 11.6. The zero-order chi connectivity index (χ0) is 25.7. The molecule has 3 aromatic rings. The Labute approximate surface area is 209 Å². The maximum Gasteiger partial charge on any atom is 0.295 e. The summed E-state index contributed by atoms with van der Waals surface area (Å²) in [5.74, 6) is -0.241. The number of aromatic nitrogens is 1. The van der Waals surface area contributed by atoms with Crippen LogP contribution in [-0.4, -0.2) is 47.5 Å². The molecule has 0 aliphatic carbocycles. The number of likely N-dealkylation sites (tertiary alicyclic amines) is 1. The van der Waals surface area contributed by atoms with Gasteiger partial charge in [-0.2, -0.15) is 0 Å². The first-order chi connectivity index (χ1) is 17.5. The number of rotatable bonds is 9. The monoisotopic (exact) mass is 488 g/mol. The third-order valence-corrected chi connectivity index (χ3v) is 5.92. The second kappa shape index (κ2) is 10.9. The fourth-order valence-corrected chi connectivity index (χ4v) is 4.21. The molecule has 1 saturated heterocycles. The summed E-state index contributed by atoms with van der Waals surface area (Å²) in [7, 11) is 3.04. The molecule has 0 radical (unpaired) electrons. The van der Waals surface area contributed by atoms with Crippen molar-refractivity contribution >= 4 is 17.4 Å². The highest BCUT2D eigenvalue weighted by molar-refractivity contribution is 6.46. The van der Waals surface area contributed by atoms with Gasteiger partial charge in [0, 0.05) is 24.5 Å². The fraction of sp³-hybridized carbons (Fsp3) is 0.250. The number of benzene rings is 2. The van der Waals surface area contributed by atoms with Crippen molar-refractivity contribution in [3.05, 3.63) is 89.3 Å². The molecule has 1 aliphatic heterocycles. The van der Waals surface area contributed by atoms with Crippen molar-refractivity contribution in [1.82, 2.24) is 9.88 Å². The lowest BCUT2D eigenvalue weighted by atomic mass is 9.94. The number of hydrogen-bond donors (Lipinski definition) is 1. The molecule has 186 valence electrons. The van der Waals surface area contributed by atoms with Gasteiger partial charge in [0.15, 0.2) is 11.5 Å².